The van der Waals surface area contributed by atoms with Crippen LogP contribution in [0.15, 0.2) is 9.59 Å². The van der Waals surface area contributed by atoms with Gasteiger partial charge in [0.15, 0.2) is 11.2 Å². The molecule has 0 aliphatic heterocycles. The Kier molecular flexibility index (Phi) is 4.53. The van der Waals surface area contributed by atoms with Crippen LogP contribution in [0.2, 0.25) is 5.28 Å². The molecule has 21 heavy (non-hydrogen) atoms. The number of halogens is 1. The quantitative estimate of drug-likeness (QED) is 0.751. The molecule has 0 atom stereocenters. The predicted molar refractivity (Wildman–Crippen MR) is 83.0 cm³/mol. The first-order chi connectivity index (χ1) is 9.92. The Labute approximate surface area is 127 Å². The number of fused-ring (bicyclic) bond motifs is 1. The fourth-order valence-corrected chi connectivity index (χ4v) is 2.65. The van der Waals surface area contributed by atoms with E-state index >= 15 is 0 Å². The Balaban J connectivity index is 2.57. The molecule has 0 fully saturated rings. The maximum Gasteiger partial charge on any atom is 0.332 e. The zero-order valence-corrected chi connectivity index (χ0v) is 13.5. The lowest BCUT2D eigenvalue weighted by Gasteiger charge is -2.18. The first-order valence-corrected chi connectivity index (χ1v) is 7.34. The van der Waals surface area contributed by atoms with Crippen LogP contribution in [-0.4, -0.2) is 43.2 Å². The van der Waals surface area contributed by atoms with Gasteiger partial charge in [-0.15, -0.1) is 0 Å². The molecular formula is C13H20ClN5O2. The summed E-state index contributed by atoms with van der Waals surface area (Å²) in [5, 5.41) is 0.232. The van der Waals surface area contributed by atoms with E-state index in [1.54, 1.807) is 11.6 Å². The predicted octanol–water partition coefficient (Wildman–Crippen LogP) is 0.429. The molecule has 2 aromatic rings. The van der Waals surface area contributed by atoms with E-state index in [9.17, 15) is 9.59 Å². The molecule has 8 heteroatoms. The van der Waals surface area contributed by atoms with Gasteiger partial charge in [-0.25, -0.2) is 4.79 Å². The summed E-state index contributed by atoms with van der Waals surface area (Å²) >= 11 is 6.16. The number of hydrogen-bond acceptors (Lipinski definition) is 4. The SMILES string of the molecule is CCN(CC)CCn1c(Cl)nc2c1c(=O)n(C)c(=O)n2C. The van der Waals surface area contributed by atoms with Gasteiger partial charge in [0.25, 0.3) is 5.56 Å². The van der Waals surface area contributed by atoms with E-state index in [4.69, 9.17) is 11.6 Å². The Morgan fingerprint density at radius 1 is 1.14 bits per heavy atom. The average Bonchev–Trinajstić information content (AvgIpc) is 2.81. The van der Waals surface area contributed by atoms with Gasteiger partial charge >= 0.3 is 5.69 Å². The minimum atomic E-state index is -0.405. The first-order valence-electron chi connectivity index (χ1n) is 6.96. The lowest BCUT2D eigenvalue weighted by molar-refractivity contribution is 0.292. The minimum absolute atomic E-state index is 0.232. The Morgan fingerprint density at radius 3 is 2.33 bits per heavy atom. The normalized spacial score (nSPS) is 11.7. The van der Waals surface area contributed by atoms with E-state index in [-0.39, 0.29) is 10.8 Å². The molecule has 0 bridgehead atoms. The highest BCUT2D eigenvalue weighted by atomic mass is 35.5. The van der Waals surface area contributed by atoms with Crippen molar-refractivity contribution in [3.8, 4) is 0 Å². The fraction of sp³-hybridized carbons (Fsp3) is 0.615. The maximum absolute atomic E-state index is 12.3. The highest BCUT2D eigenvalue weighted by Crippen LogP contribution is 2.15. The summed E-state index contributed by atoms with van der Waals surface area (Å²) in [7, 11) is 3.04. The van der Waals surface area contributed by atoms with Gasteiger partial charge in [0, 0.05) is 27.2 Å². The third-order valence-corrected chi connectivity index (χ3v) is 4.12. The lowest BCUT2D eigenvalue weighted by Crippen LogP contribution is -2.38. The topological polar surface area (TPSA) is 65.1 Å². The van der Waals surface area contributed by atoms with Gasteiger partial charge in [-0.3, -0.25) is 13.9 Å². The third-order valence-electron chi connectivity index (χ3n) is 3.84. The molecule has 116 valence electrons. The van der Waals surface area contributed by atoms with Crippen molar-refractivity contribution in [2.24, 2.45) is 14.1 Å². The molecule has 0 saturated heterocycles. The standard InChI is InChI=1S/C13H20ClN5O2/c1-5-18(6-2)7-8-19-9-10(15-12(19)14)16(3)13(21)17(4)11(9)20/h5-8H2,1-4H3. The molecule has 0 unspecified atom stereocenters. The molecule has 0 aromatic carbocycles. The van der Waals surface area contributed by atoms with Crippen LogP contribution in [0, 0.1) is 0 Å². The number of hydrogen-bond donors (Lipinski definition) is 0. The van der Waals surface area contributed by atoms with E-state index in [2.05, 4.69) is 23.7 Å². The van der Waals surface area contributed by atoms with Crippen molar-refractivity contribution in [2.45, 2.75) is 20.4 Å². The van der Waals surface area contributed by atoms with Gasteiger partial charge in [-0.05, 0) is 24.7 Å². The second-order valence-corrected chi connectivity index (χ2v) is 5.28. The van der Waals surface area contributed by atoms with Crippen LogP contribution in [0.1, 0.15) is 13.8 Å². The maximum atomic E-state index is 12.3. The Morgan fingerprint density at radius 2 is 1.76 bits per heavy atom. The molecule has 0 amide bonds. The minimum Gasteiger partial charge on any atom is -0.307 e. The summed E-state index contributed by atoms with van der Waals surface area (Å²) in [6.45, 7) is 7.35. The number of likely N-dealkylation sites (N-methyl/N-ethyl adjacent to an activating group) is 1. The van der Waals surface area contributed by atoms with E-state index in [0.717, 1.165) is 24.2 Å². The average molecular weight is 314 g/mol. The summed E-state index contributed by atoms with van der Waals surface area (Å²) in [5.41, 5.74) is -0.0750. The van der Waals surface area contributed by atoms with Crippen LogP contribution in [0.25, 0.3) is 11.2 Å². The Bertz CT molecular complexity index is 769. The van der Waals surface area contributed by atoms with Crippen LogP contribution in [0.3, 0.4) is 0 Å². The molecule has 0 spiro atoms. The molecule has 2 heterocycles. The van der Waals surface area contributed by atoms with Crippen LogP contribution in [0.4, 0.5) is 0 Å². The second kappa shape index (κ2) is 6.03. The third kappa shape index (κ3) is 2.63. The molecule has 0 saturated carbocycles. The van der Waals surface area contributed by atoms with Crippen molar-refractivity contribution >= 4 is 22.8 Å². The van der Waals surface area contributed by atoms with Gasteiger partial charge < -0.3 is 9.47 Å². The van der Waals surface area contributed by atoms with Gasteiger partial charge in [0.1, 0.15) is 0 Å². The number of imidazole rings is 1. The molecular weight excluding hydrogens is 294 g/mol. The zero-order valence-electron chi connectivity index (χ0n) is 12.8. The van der Waals surface area contributed by atoms with Crippen molar-refractivity contribution in [1.29, 1.82) is 0 Å². The van der Waals surface area contributed by atoms with Crippen LogP contribution in [0.5, 0.6) is 0 Å². The molecule has 0 N–H and O–H groups in total. The van der Waals surface area contributed by atoms with Crippen molar-refractivity contribution in [3.05, 3.63) is 26.1 Å². The number of rotatable bonds is 5. The molecule has 2 rings (SSSR count). The summed E-state index contributed by atoms with van der Waals surface area (Å²) < 4.78 is 4.10. The molecule has 0 aliphatic carbocycles. The number of nitrogens with zero attached hydrogens (tertiary/aromatic N) is 5. The van der Waals surface area contributed by atoms with Gasteiger partial charge in [0.2, 0.25) is 5.28 Å². The van der Waals surface area contributed by atoms with E-state index in [1.807, 2.05) is 0 Å². The van der Waals surface area contributed by atoms with Crippen molar-refractivity contribution in [1.82, 2.24) is 23.6 Å². The molecule has 0 aliphatic rings. The lowest BCUT2D eigenvalue weighted by atomic mass is 10.4. The summed E-state index contributed by atoms with van der Waals surface area (Å²) in [5.74, 6) is 0. The van der Waals surface area contributed by atoms with Crippen LogP contribution in [-0.2, 0) is 20.6 Å². The van der Waals surface area contributed by atoms with Crippen LogP contribution >= 0.6 is 11.6 Å². The fourth-order valence-electron chi connectivity index (χ4n) is 2.41. The Hall–Kier alpha value is -1.60. The largest absolute Gasteiger partial charge is 0.332 e. The summed E-state index contributed by atoms with van der Waals surface area (Å²) in [4.78, 5) is 30.6. The highest BCUT2D eigenvalue weighted by Gasteiger charge is 2.18. The second-order valence-electron chi connectivity index (χ2n) is 4.94. The first kappa shape index (κ1) is 15.8. The van der Waals surface area contributed by atoms with E-state index in [0.29, 0.717) is 17.7 Å². The number of aromatic nitrogens is 4. The van der Waals surface area contributed by atoms with E-state index < -0.39 is 5.69 Å². The summed E-state index contributed by atoms with van der Waals surface area (Å²) in [6.07, 6.45) is 0. The zero-order chi connectivity index (χ0) is 15.7. The molecule has 0 radical (unpaired) electrons. The van der Waals surface area contributed by atoms with Crippen molar-refractivity contribution in [3.63, 3.8) is 0 Å². The van der Waals surface area contributed by atoms with Gasteiger partial charge in [0.05, 0.1) is 0 Å². The molecule has 2 aromatic heterocycles. The number of aryl methyl sites for hydroxylation is 1. The van der Waals surface area contributed by atoms with Gasteiger partial charge in [-0.2, -0.15) is 4.98 Å². The molecule has 7 nitrogen and oxygen atoms in total. The van der Waals surface area contributed by atoms with Crippen molar-refractivity contribution < 1.29 is 0 Å². The monoisotopic (exact) mass is 313 g/mol. The summed E-state index contributed by atoms with van der Waals surface area (Å²) in [6, 6.07) is 0. The smallest absolute Gasteiger partial charge is 0.307 e. The highest BCUT2D eigenvalue weighted by molar-refractivity contribution is 6.29. The van der Waals surface area contributed by atoms with Crippen molar-refractivity contribution in [2.75, 3.05) is 19.6 Å². The van der Waals surface area contributed by atoms with Crippen LogP contribution < -0.4 is 11.2 Å². The van der Waals surface area contributed by atoms with E-state index in [1.165, 1.54) is 11.6 Å². The van der Waals surface area contributed by atoms with Gasteiger partial charge in [-0.1, -0.05) is 13.8 Å².